The molecule has 0 aliphatic carbocycles. The van der Waals surface area contributed by atoms with Crippen molar-refractivity contribution in [3.8, 4) is 11.3 Å². The van der Waals surface area contributed by atoms with E-state index in [1.165, 1.54) is 29.9 Å². The second kappa shape index (κ2) is 8.39. The number of anilines is 1. The molecule has 0 aliphatic heterocycles. The maximum absolute atomic E-state index is 13.7. The lowest BCUT2D eigenvalue weighted by atomic mass is 10.0. The van der Waals surface area contributed by atoms with Gasteiger partial charge in [0.05, 0.1) is 11.3 Å². The number of carbonyl (C=O) groups excluding carboxylic acids is 1. The van der Waals surface area contributed by atoms with Crippen LogP contribution in [0.2, 0.25) is 0 Å². The van der Waals surface area contributed by atoms with Crippen molar-refractivity contribution in [3.05, 3.63) is 76.3 Å². The minimum Gasteiger partial charge on any atom is -0.294 e. The molecule has 0 spiro atoms. The number of carbonyl (C=O) groups is 1. The predicted molar refractivity (Wildman–Crippen MR) is 111 cm³/mol. The molecule has 144 valence electrons. The third-order valence-corrected chi connectivity index (χ3v) is 5.04. The van der Waals surface area contributed by atoms with Crippen LogP contribution in [0.1, 0.15) is 24.2 Å². The van der Waals surface area contributed by atoms with Crippen LogP contribution in [0.15, 0.2) is 64.3 Å². The van der Waals surface area contributed by atoms with Crippen molar-refractivity contribution in [1.82, 2.24) is 9.89 Å². The zero-order valence-electron chi connectivity index (χ0n) is 15.8. The topological polar surface area (TPSA) is 55.2 Å². The van der Waals surface area contributed by atoms with Gasteiger partial charge in [-0.25, -0.2) is 4.39 Å². The predicted octanol–water partition coefficient (Wildman–Crippen LogP) is 4.26. The van der Waals surface area contributed by atoms with Gasteiger partial charge in [0.15, 0.2) is 5.78 Å². The molecule has 0 fully saturated rings. The van der Waals surface area contributed by atoms with E-state index in [1.54, 1.807) is 28.9 Å². The highest BCUT2D eigenvalue weighted by Crippen LogP contribution is 2.24. The normalized spacial score (nSPS) is 10.7. The van der Waals surface area contributed by atoms with Crippen molar-refractivity contribution in [2.24, 2.45) is 0 Å². The number of benzene rings is 2. The van der Waals surface area contributed by atoms with Crippen LogP contribution in [0.4, 0.5) is 10.1 Å². The van der Waals surface area contributed by atoms with Crippen LogP contribution in [0.5, 0.6) is 0 Å². The zero-order valence-corrected chi connectivity index (χ0v) is 16.7. The van der Waals surface area contributed by atoms with Crippen molar-refractivity contribution >= 4 is 23.2 Å². The minimum atomic E-state index is -0.458. The number of Topliss-reactive ketones (excluding diaryl/α,β-unsaturated/α-hetero) is 1. The maximum atomic E-state index is 13.7. The Balaban J connectivity index is 2.19. The minimum absolute atomic E-state index is 0.241. The van der Waals surface area contributed by atoms with Gasteiger partial charge in [-0.15, -0.1) is 21.7 Å². The Kier molecular flexibility index (Phi) is 5.94. The van der Waals surface area contributed by atoms with Gasteiger partial charge in [-0.1, -0.05) is 18.2 Å². The van der Waals surface area contributed by atoms with E-state index in [4.69, 9.17) is 0 Å². The number of hydrogen-bond donors (Lipinski definition) is 0. The Morgan fingerprint density at radius 3 is 2.46 bits per heavy atom. The number of aromatic nitrogens is 2. The molecular formula is C21H20FN3O2S. The molecule has 0 saturated heterocycles. The van der Waals surface area contributed by atoms with E-state index in [0.717, 1.165) is 10.5 Å². The van der Waals surface area contributed by atoms with E-state index in [9.17, 15) is 14.0 Å². The van der Waals surface area contributed by atoms with E-state index < -0.39 is 11.4 Å². The quantitative estimate of drug-likeness (QED) is 0.459. The molecule has 0 unspecified atom stereocenters. The van der Waals surface area contributed by atoms with Crippen LogP contribution in [0, 0.1) is 5.82 Å². The van der Waals surface area contributed by atoms with E-state index in [1.807, 2.05) is 37.4 Å². The Bertz CT molecular complexity index is 1060. The smallest absolute Gasteiger partial charge is 0.287 e. The molecule has 0 bridgehead atoms. The first-order valence-electron chi connectivity index (χ1n) is 8.77. The van der Waals surface area contributed by atoms with Crippen LogP contribution < -0.4 is 10.6 Å². The summed E-state index contributed by atoms with van der Waals surface area (Å²) in [5.74, 6) is -0.647. The molecule has 1 heterocycles. The lowest BCUT2D eigenvalue weighted by molar-refractivity contribution is 0.101. The summed E-state index contributed by atoms with van der Waals surface area (Å²) in [6.45, 7) is 3.64. The summed E-state index contributed by atoms with van der Waals surface area (Å²) in [5, 5.41) is 6.04. The van der Waals surface area contributed by atoms with E-state index >= 15 is 0 Å². The Labute approximate surface area is 166 Å². The molecule has 0 atom stereocenters. The SMILES string of the molecule is CCN(c1cccc(F)c1)n1nc(-c2ccc(SC)cc2)c(C(C)=O)cc1=O. The third-order valence-electron chi connectivity index (χ3n) is 4.29. The van der Waals surface area contributed by atoms with E-state index in [0.29, 0.717) is 17.9 Å². The molecule has 0 aliphatic rings. The van der Waals surface area contributed by atoms with E-state index in [2.05, 4.69) is 5.10 Å². The molecule has 0 N–H and O–H groups in total. The summed E-state index contributed by atoms with van der Waals surface area (Å²) in [6, 6.07) is 14.8. The van der Waals surface area contributed by atoms with Gasteiger partial charge in [0.25, 0.3) is 5.56 Å². The second-order valence-electron chi connectivity index (χ2n) is 6.11. The summed E-state index contributed by atoms with van der Waals surface area (Å²) in [7, 11) is 0. The summed E-state index contributed by atoms with van der Waals surface area (Å²) in [4.78, 5) is 27.1. The van der Waals surface area contributed by atoms with Gasteiger partial charge in [0, 0.05) is 23.1 Å². The fourth-order valence-corrected chi connectivity index (χ4v) is 3.32. The van der Waals surface area contributed by atoms with E-state index in [-0.39, 0.29) is 11.3 Å². The summed E-state index contributed by atoms with van der Waals surface area (Å²) >= 11 is 1.61. The fourth-order valence-electron chi connectivity index (χ4n) is 2.91. The number of halogens is 1. The third kappa shape index (κ3) is 3.99. The molecule has 1 aromatic heterocycles. The molecule has 3 aromatic rings. The number of nitrogens with zero attached hydrogens (tertiary/aromatic N) is 3. The monoisotopic (exact) mass is 397 g/mol. The number of hydrogen-bond acceptors (Lipinski definition) is 5. The summed E-state index contributed by atoms with van der Waals surface area (Å²) in [5.41, 5.74) is 1.44. The van der Waals surface area contributed by atoms with Gasteiger partial charge in [0.1, 0.15) is 11.5 Å². The van der Waals surface area contributed by atoms with Gasteiger partial charge < -0.3 is 0 Å². The van der Waals surface area contributed by atoms with Crippen LogP contribution in [0.3, 0.4) is 0 Å². The number of ketones is 1. The first-order valence-corrected chi connectivity index (χ1v) is 10.00. The molecule has 28 heavy (non-hydrogen) atoms. The second-order valence-corrected chi connectivity index (χ2v) is 6.99. The van der Waals surface area contributed by atoms with Crippen molar-refractivity contribution in [1.29, 1.82) is 0 Å². The average molecular weight is 397 g/mol. The van der Waals surface area contributed by atoms with Gasteiger partial charge in [-0.2, -0.15) is 0 Å². The first kappa shape index (κ1) is 19.8. The van der Waals surface area contributed by atoms with Crippen LogP contribution in [-0.4, -0.2) is 28.5 Å². The van der Waals surface area contributed by atoms with Gasteiger partial charge >= 0.3 is 0 Å². The number of thioether (sulfide) groups is 1. The molecule has 3 rings (SSSR count). The first-order chi connectivity index (χ1) is 13.4. The van der Waals surface area contributed by atoms with Crippen molar-refractivity contribution in [2.75, 3.05) is 17.8 Å². The van der Waals surface area contributed by atoms with Crippen molar-refractivity contribution in [3.63, 3.8) is 0 Å². The highest BCUT2D eigenvalue weighted by Gasteiger charge is 2.18. The maximum Gasteiger partial charge on any atom is 0.287 e. The molecule has 7 heteroatoms. The lowest BCUT2D eigenvalue weighted by Crippen LogP contribution is -2.41. The Hall–Kier alpha value is -2.93. The van der Waals surface area contributed by atoms with Crippen molar-refractivity contribution in [2.45, 2.75) is 18.7 Å². The Morgan fingerprint density at radius 1 is 1.18 bits per heavy atom. The van der Waals surface area contributed by atoms with Crippen LogP contribution in [0.25, 0.3) is 11.3 Å². The van der Waals surface area contributed by atoms with Gasteiger partial charge in [-0.3, -0.25) is 14.6 Å². The highest BCUT2D eigenvalue weighted by molar-refractivity contribution is 7.98. The van der Waals surface area contributed by atoms with Crippen molar-refractivity contribution < 1.29 is 9.18 Å². The molecular weight excluding hydrogens is 377 g/mol. The summed E-state index contributed by atoms with van der Waals surface area (Å²) < 4.78 is 13.7. The van der Waals surface area contributed by atoms with Crippen LogP contribution in [-0.2, 0) is 0 Å². The zero-order chi connectivity index (χ0) is 20.3. The highest BCUT2D eigenvalue weighted by atomic mass is 32.2. The molecule has 5 nitrogen and oxygen atoms in total. The molecule has 0 amide bonds. The standard InChI is InChI=1S/C21H20FN3O2S/c1-4-24(17-7-5-6-16(22)12-17)25-20(27)13-19(14(2)26)21(23-25)15-8-10-18(28-3)11-9-15/h5-13H,4H2,1-3H3. The van der Waals surface area contributed by atoms with Gasteiger partial charge in [-0.05, 0) is 50.4 Å². The lowest BCUT2D eigenvalue weighted by Gasteiger charge is -2.24. The fraction of sp³-hybridized carbons (Fsp3) is 0.190. The molecule has 2 aromatic carbocycles. The summed E-state index contributed by atoms with van der Waals surface area (Å²) in [6.07, 6.45) is 1.98. The average Bonchev–Trinajstić information content (AvgIpc) is 2.69. The number of rotatable bonds is 6. The molecule has 0 radical (unpaired) electrons. The molecule has 0 saturated carbocycles. The largest absolute Gasteiger partial charge is 0.294 e. The Morgan fingerprint density at radius 2 is 1.89 bits per heavy atom. The van der Waals surface area contributed by atoms with Gasteiger partial charge in [0.2, 0.25) is 0 Å². The van der Waals surface area contributed by atoms with Crippen LogP contribution >= 0.6 is 11.8 Å².